The number of hydrogen-bond donors (Lipinski definition) is 0. The Hall–Kier alpha value is -3.44. The van der Waals surface area contributed by atoms with Gasteiger partial charge in [-0.2, -0.15) is 0 Å². The molecule has 0 N–H and O–H groups in total. The molecule has 1 atom stereocenters. The van der Waals surface area contributed by atoms with Gasteiger partial charge in [0.2, 0.25) is 5.76 Å². The number of fused-ring (bicyclic) bond motifs is 2. The van der Waals surface area contributed by atoms with Gasteiger partial charge in [-0.1, -0.05) is 41.4 Å². The number of aromatic nitrogens is 1. The molecule has 6 heteroatoms. The second-order valence-corrected chi connectivity index (χ2v) is 7.93. The number of halogens is 1. The smallest absolute Gasteiger partial charge is 0.296 e. The molecule has 0 saturated heterocycles. The molecule has 3 heterocycles. The monoisotopic (exact) mass is 416 g/mol. The highest BCUT2D eigenvalue weighted by atomic mass is 35.5. The topological polar surface area (TPSA) is 63.4 Å². The lowest BCUT2D eigenvalue weighted by Gasteiger charge is -2.24. The van der Waals surface area contributed by atoms with Gasteiger partial charge in [-0.15, -0.1) is 0 Å². The fraction of sp³-hybridized carbons (Fsp3) is 0.125. The summed E-state index contributed by atoms with van der Waals surface area (Å²) in [6.45, 7) is 3.92. The molecule has 30 heavy (non-hydrogen) atoms. The first-order chi connectivity index (χ1) is 14.4. The molecule has 4 aromatic rings. The van der Waals surface area contributed by atoms with Crippen molar-refractivity contribution in [2.75, 3.05) is 4.90 Å². The second-order valence-electron chi connectivity index (χ2n) is 7.49. The number of amides is 1. The highest BCUT2D eigenvalue weighted by Crippen LogP contribution is 2.40. The molecule has 0 spiro atoms. The van der Waals surface area contributed by atoms with Crippen molar-refractivity contribution >= 4 is 34.3 Å². The molecule has 0 aliphatic carbocycles. The lowest BCUT2D eigenvalue weighted by atomic mass is 9.97. The average Bonchev–Trinajstić information content (AvgIpc) is 3.02. The number of aryl methyl sites for hydroxylation is 2. The number of nitrogens with zero attached hydrogens (tertiary/aromatic N) is 2. The normalized spacial score (nSPS) is 15.6. The first kappa shape index (κ1) is 18.6. The predicted molar refractivity (Wildman–Crippen MR) is 116 cm³/mol. The van der Waals surface area contributed by atoms with Crippen LogP contribution in [0.4, 0.5) is 5.82 Å². The number of carbonyl (C=O) groups excluding carboxylic acids is 1. The lowest BCUT2D eigenvalue weighted by Crippen LogP contribution is -2.30. The van der Waals surface area contributed by atoms with Crippen LogP contribution in [0.15, 0.2) is 70.0 Å². The zero-order valence-electron chi connectivity index (χ0n) is 16.3. The van der Waals surface area contributed by atoms with E-state index in [1.165, 1.54) is 4.90 Å². The van der Waals surface area contributed by atoms with Gasteiger partial charge in [0.1, 0.15) is 11.4 Å². The summed E-state index contributed by atoms with van der Waals surface area (Å²) in [7, 11) is 0. The Bertz CT molecular complexity index is 1380. The first-order valence-corrected chi connectivity index (χ1v) is 9.91. The Morgan fingerprint density at radius 2 is 1.73 bits per heavy atom. The van der Waals surface area contributed by atoms with Gasteiger partial charge in [0.25, 0.3) is 5.91 Å². The predicted octanol–water partition coefficient (Wildman–Crippen LogP) is 5.21. The van der Waals surface area contributed by atoms with Crippen molar-refractivity contribution in [3.63, 3.8) is 0 Å². The van der Waals surface area contributed by atoms with E-state index in [0.29, 0.717) is 27.4 Å². The van der Waals surface area contributed by atoms with Crippen LogP contribution in [0.5, 0.6) is 0 Å². The molecular weight excluding hydrogens is 400 g/mol. The summed E-state index contributed by atoms with van der Waals surface area (Å²) in [4.78, 5) is 32.9. The van der Waals surface area contributed by atoms with Crippen molar-refractivity contribution in [2.24, 2.45) is 0 Å². The maximum Gasteiger partial charge on any atom is 0.296 e. The molecule has 5 rings (SSSR count). The number of benzene rings is 2. The molecular formula is C24H17ClN2O3. The molecule has 1 amide bonds. The van der Waals surface area contributed by atoms with E-state index in [1.807, 2.05) is 50.2 Å². The number of anilines is 1. The number of pyridine rings is 1. The molecule has 0 unspecified atom stereocenters. The minimum absolute atomic E-state index is 0.0451. The van der Waals surface area contributed by atoms with E-state index < -0.39 is 6.04 Å². The van der Waals surface area contributed by atoms with E-state index in [0.717, 1.165) is 16.7 Å². The Balaban J connectivity index is 1.83. The fourth-order valence-electron chi connectivity index (χ4n) is 3.90. The van der Waals surface area contributed by atoms with Gasteiger partial charge in [0, 0.05) is 11.2 Å². The van der Waals surface area contributed by atoms with Crippen molar-refractivity contribution < 1.29 is 9.21 Å². The number of hydrogen-bond acceptors (Lipinski definition) is 4. The maximum atomic E-state index is 13.5. The van der Waals surface area contributed by atoms with Crippen LogP contribution in [0.1, 0.15) is 38.9 Å². The SMILES string of the molecule is Cc1ccc([C@@H]2c3c(oc4ccc(Cl)cc4c3=O)C(=O)N2c2cc(C)ccn2)cc1. The van der Waals surface area contributed by atoms with E-state index in [-0.39, 0.29) is 17.1 Å². The van der Waals surface area contributed by atoms with Crippen LogP contribution in [0.3, 0.4) is 0 Å². The molecule has 0 saturated carbocycles. The number of rotatable bonds is 2. The third-order valence-electron chi connectivity index (χ3n) is 5.37. The van der Waals surface area contributed by atoms with Gasteiger partial charge in [-0.25, -0.2) is 4.98 Å². The lowest BCUT2D eigenvalue weighted by molar-refractivity contribution is 0.0970. The summed E-state index contributed by atoms with van der Waals surface area (Å²) in [5.41, 5.74) is 3.23. The van der Waals surface area contributed by atoms with Crippen LogP contribution in [-0.4, -0.2) is 10.9 Å². The average molecular weight is 417 g/mol. The summed E-state index contributed by atoms with van der Waals surface area (Å²) < 4.78 is 5.93. The van der Waals surface area contributed by atoms with Crippen LogP contribution < -0.4 is 10.3 Å². The van der Waals surface area contributed by atoms with Crippen molar-refractivity contribution in [3.05, 3.63) is 104 Å². The van der Waals surface area contributed by atoms with Crippen molar-refractivity contribution in [2.45, 2.75) is 19.9 Å². The molecule has 148 valence electrons. The Kier molecular flexibility index (Phi) is 4.22. The Morgan fingerprint density at radius 3 is 2.47 bits per heavy atom. The third kappa shape index (κ3) is 2.82. The largest absolute Gasteiger partial charge is 0.450 e. The van der Waals surface area contributed by atoms with Crippen LogP contribution >= 0.6 is 11.6 Å². The molecule has 2 aromatic carbocycles. The molecule has 0 bridgehead atoms. The van der Waals surface area contributed by atoms with Gasteiger partial charge in [0.05, 0.1) is 17.0 Å². The maximum absolute atomic E-state index is 13.5. The van der Waals surface area contributed by atoms with Gasteiger partial charge in [-0.05, 0) is 55.3 Å². The summed E-state index contributed by atoms with van der Waals surface area (Å²) in [5, 5.41) is 0.786. The van der Waals surface area contributed by atoms with E-state index in [4.69, 9.17) is 16.0 Å². The highest BCUT2D eigenvalue weighted by Gasteiger charge is 2.44. The fourth-order valence-corrected chi connectivity index (χ4v) is 4.07. The van der Waals surface area contributed by atoms with Gasteiger partial charge in [0.15, 0.2) is 5.43 Å². The zero-order chi connectivity index (χ0) is 21.0. The standard InChI is InChI=1S/C24H17ClN2O3/c1-13-3-5-15(6-4-13)21-20-22(28)17-12-16(25)7-8-18(17)30-23(20)24(29)27(21)19-11-14(2)9-10-26-19/h3-12,21H,1-2H3/t21-/m1/s1. The summed E-state index contributed by atoms with van der Waals surface area (Å²) in [5.74, 6) is 0.129. The minimum Gasteiger partial charge on any atom is -0.450 e. The van der Waals surface area contributed by atoms with Crippen molar-refractivity contribution in [1.29, 1.82) is 0 Å². The summed E-state index contributed by atoms with van der Waals surface area (Å²) >= 11 is 6.12. The van der Waals surface area contributed by atoms with Crippen molar-refractivity contribution in [1.82, 2.24) is 4.98 Å². The molecule has 1 aliphatic rings. The summed E-state index contributed by atoms with van der Waals surface area (Å²) in [6, 6.07) is 15.6. The highest BCUT2D eigenvalue weighted by molar-refractivity contribution is 6.31. The summed E-state index contributed by atoms with van der Waals surface area (Å²) in [6.07, 6.45) is 1.65. The van der Waals surface area contributed by atoms with Gasteiger partial charge in [-0.3, -0.25) is 14.5 Å². The van der Waals surface area contributed by atoms with E-state index in [1.54, 1.807) is 24.4 Å². The quantitative estimate of drug-likeness (QED) is 0.450. The molecule has 5 nitrogen and oxygen atoms in total. The van der Waals surface area contributed by atoms with Gasteiger partial charge >= 0.3 is 0 Å². The van der Waals surface area contributed by atoms with Crippen LogP contribution in [-0.2, 0) is 0 Å². The van der Waals surface area contributed by atoms with Crippen molar-refractivity contribution in [3.8, 4) is 0 Å². The second kappa shape index (κ2) is 6.82. The Morgan fingerprint density at radius 1 is 0.967 bits per heavy atom. The van der Waals surface area contributed by atoms with E-state index in [2.05, 4.69) is 4.98 Å². The third-order valence-corrected chi connectivity index (χ3v) is 5.61. The molecule has 1 aliphatic heterocycles. The van der Waals surface area contributed by atoms with Crippen LogP contribution in [0.25, 0.3) is 11.0 Å². The first-order valence-electron chi connectivity index (χ1n) is 9.53. The minimum atomic E-state index is -0.637. The zero-order valence-corrected chi connectivity index (χ0v) is 17.1. The molecule has 0 fully saturated rings. The van der Waals surface area contributed by atoms with E-state index in [9.17, 15) is 9.59 Å². The number of carbonyl (C=O) groups is 1. The molecule has 0 radical (unpaired) electrons. The molecule has 2 aromatic heterocycles. The van der Waals surface area contributed by atoms with Gasteiger partial charge < -0.3 is 4.42 Å². The van der Waals surface area contributed by atoms with Crippen LogP contribution in [0.2, 0.25) is 5.02 Å². The van der Waals surface area contributed by atoms with E-state index >= 15 is 0 Å². The Labute approximate surface area is 177 Å². The van der Waals surface area contributed by atoms with Crippen LogP contribution in [0, 0.1) is 13.8 Å².